The molecule has 0 radical (unpaired) electrons. The molecule has 0 aliphatic heterocycles. The maximum atomic E-state index is 12.4. The molecule has 0 saturated heterocycles. The van der Waals surface area contributed by atoms with Crippen LogP contribution in [0.1, 0.15) is 44.0 Å². The Bertz CT molecular complexity index is 784. The molecule has 0 spiro atoms. The molecule has 24 heavy (non-hydrogen) atoms. The minimum Gasteiger partial charge on any atom is -0.496 e. The number of aryl methyl sites for hydroxylation is 1. The van der Waals surface area contributed by atoms with E-state index in [0.717, 1.165) is 5.56 Å². The maximum Gasteiger partial charge on any atom is 0.240 e. The zero-order valence-electron chi connectivity index (χ0n) is 14.4. The third kappa shape index (κ3) is 4.33. The Morgan fingerprint density at radius 2 is 2.08 bits per heavy atom. The Kier molecular flexibility index (Phi) is 5.95. The highest BCUT2D eigenvalue weighted by molar-refractivity contribution is 7.89. The molecular formula is C16H23N3O4S. The first-order valence-electron chi connectivity index (χ1n) is 7.86. The van der Waals surface area contributed by atoms with Crippen molar-refractivity contribution in [1.82, 2.24) is 14.9 Å². The van der Waals surface area contributed by atoms with Gasteiger partial charge in [0.25, 0.3) is 0 Å². The summed E-state index contributed by atoms with van der Waals surface area (Å²) in [7, 11) is -2.03. The number of nitrogens with zero attached hydrogens (tertiary/aromatic N) is 2. The highest BCUT2D eigenvalue weighted by Crippen LogP contribution is 2.28. The molecule has 1 N–H and O–H groups in total. The number of ether oxygens (including phenoxy) is 1. The maximum absolute atomic E-state index is 12.4. The van der Waals surface area contributed by atoms with Gasteiger partial charge in [-0.05, 0) is 29.7 Å². The molecule has 0 atom stereocenters. The van der Waals surface area contributed by atoms with E-state index in [2.05, 4.69) is 14.9 Å². The predicted octanol–water partition coefficient (Wildman–Crippen LogP) is 2.29. The van der Waals surface area contributed by atoms with Gasteiger partial charge in [0.2, 0.25) is 15.9 Å². The minimum atomic E-state index is -3.61. The van der Waals surface area contributed by atoms with Crippen molar-refractivity contribution in [3.8, 4) is 5.75 Å². The summed E-state index contributed by atoms with van der Waals surface area (Å²) in [6.07, 6.45) is 1.03. The van der Waals surface area contributed by atoms with Crippen LogP contribution >= 0.6 is 0 Å². The molecule has 1 aromatic heterocycles. The van der Waals surface area contributed by atoms with E-state index in [-0.39, 0.29) is 17.4 Å². The average Bonchev–Trinajstić information content (AvgIpc) is 3.02. The SMILES string of the molecule is CCc1noc(CCNS(=O)(=O)c2ccc(OC)c(C(C)C)c2)n1. The van der Waals surface area contributed by atoms with Gasteiger partial charge in [-0.3, -0.25) is 0 Å². The van der Waals surface area contributed by atoms with Crippen molar-refractivity contribution >= 4 is 10.0 Å². The fraction of sp³-hybridized carbons (Fsp3) is 0.500. The summed E-state index contributed by atoms with van der Waals surface area (Å²) in [6, 6.07) is 4.86. The second-order valence-corrected chi connectivity index (χ2v) is 7.43. The lowest BCUT2D eigenvalue weighted by Crippen LogP contribution is -2.26. The van der Waals surface area contributed by atoms with Crippen molar-refractivity contribution in [3.63, 3.8) is 0 Å². The van der Waals surface area contributed by atoms with Crippen LogP contribution in [0.2, 0.25) is 0 Å². The van der Waals surface area contributed by atoms with E-state index in [0.29, 0.717) is 30.3 Å². The van der Waals surface area contributed by atoms with Crippen LogP contribution in [0.5, 0.6) is 5.75 Å². The molecule has 0 saturated carbocycles. The number of benzene rings is 1. The van der Waals surface area contributed by atoms with Crippen molar-refractivity contribution in [1.29, 1.82) is 0 Å². The van der Waals surface area contributed by atoms with Gasteiger partial charge in [0.05, 0.1) is 12.0 Å². The van der Waals surface area contributed by atoms with E-state index in [4.69, 9.17) is 9.26 Å². The predicted molar refractivity (Wildman–Crippen MR) is 89.7 cm³/mol. The van der Waals surface area contributed by atoms with Gasteiger partial charge in [-0.2, -0.15) is 4.98 Å². The number of rotatable bonds is 8. The Labute approximate surface area is 142 Å². The topological polar surface area (TPSA) is 94.3 Å². The summed E-state index contributed by atoms with van der Waals surface area (Å²) in [5.74, 6) is 1.87. The second-order valence-electron chi connectivity index (χ2n) is 5.66. The molecule has 0 fully saturated rings. The molecular weight excluding hydrogens is 330 g/mol. The molecule has 132 valence electrons. The fourth-order valence-electron chi connectivity index (χ4n) is 2.24. The summed E-state index contributed by atoms with van der Waals surface area (Å²) in [5.41, 5.74) is 0.852. The number of nitrogens with one attached hydrogen (secondary N) is 1. The monoisotopic (exact) mass is 353 g/mol. The van der Waals surface area contributed by atoms with Gasteiger partial charge in [-0.15, -0.1) is 0 Å². The Morgan fingerprint density at radius 1 is 1.33 bits per heavy atom. The average molecular weight is 353 g/mol. The molecule has 2 aromatic rings. The second kappa shape index (κ2) is 7.76. The van der Waals surface area contributed by atoms with Gasteiger partial charge < -0.3 is 9.26 Å². The quantitative estimate of drug-likeness (QED) is 0.782. The first-order valence-corrected chi connectivity index (χ1v) is 9.34. The van der Waals surface area contributed by atoms with Crippen molar-refractivity contribution in [2.24, 2.45) is 0 Å². The highest BCUT2D eigenvalue weighted by Gasteiger charge is 2.18. The van der Waals surface area contributed by atoms with Gasteiger partial charge >= 0.3 is 0 Å². The van der Waals surface area contributed by atoms with Gasteiger partial charge in [-0.25, -0.2) is 13.1 Å². The number of sulfonamides is 1. The van der Waals surface area contributed by atoms with Crippen LogP contribution in [-0.2, 0) is 22.9 Å². The molecule has 0 aliphatic rings. The van der Waals surface area contributed by atoms with E-state index >= 15 is 0 Å². The lowest BCUT2D eigenvalue weighted by atomic mass is 10.0. The normalized spacial score (nSPS) is 11.9. The van der Waals surface area contributed by atoms with Crippen molar-refractivity contribution in [2.75, 3.05) is 13.7 Å². The van der Waals surface area contributed by atoms with Crippen molar-refractivity contribution < 1.29 is 17.7 Å². The Balaban J connectivity index is 2.08. The molecule has 0 unspecified atom stereocenters. The third-order valence-electron chi connectivity index (χ3n) is 3.59. The minimum absolute atomic E-state index is 0.154. The zero-order chi connectivity index (χ0) is 17.7. The van der Waals surface area contributed by atoms with Gasteiger partial charge in [-0.1, -0.05) is 25.9 Å². The van der Waals surface area contributed by atoms with Crippen LogP contribution in [-0.4, -0.2) is 32.2 Å². The first-order chi connectivity index (χ1) is 11.4. The summed E-state index contributed by atoms with van der Waals surface area (Å²) in [6.45, 7) is 6.09. The van der Waals surface area contributed by atoms with E-state index in [1.165, 1.54) is 6.07 Å². The summed E-state index contributed by atoms with van der Waals surface area (Å²) in [5, 5.41) is 3.78. The lowest BCUT2D eigenvalue weighted by molar-refractivity contribution is 0.373. The molecule has 2 rings (SSSR count). The molecule has 0 aliphatic carbocycles. The first kappa shape index (κ1) is 18.4. The highest BCUT2D eigenvalue weighted by atomic mass is 32.2. The molecule has 1 aromatic carbocycles. The van der Waals surface area contributed by atoms with Crippen LogP contribution in [0.4, 0.5) is 0 Å². The van der Waals surface area contributed by atoms with Crippen molar-refractivity contribution in [2.45, 2.75) is 44.4 Å². The number of methoxy groups -OCH3 is 1. The standard InChI is InChI=1S/C16H23N3O4S/c1-5-15-18-16(23-19-15)8-9-17-24(20,21)12-6-7-14(22-4)13(10-12)11(2)3/h6-7,10-11,17H,5,8-9H2,1-4H3. The largest absolute Gasteiger partial charge is 0.496 e. The molecule has 1 heterocycles. The molecule has 0 amide bonds. The molecule has 8 heteroatoms. The third-order valence-corrected chi connectivity index (χ3v) is 5.05. The van der Waals surface area contributed by atoms with Gasteiger partial charge in [0.1, 0.15) is 5.75 Å². The van der Waals surface area contributed by atoms with Crippen molar-refractivity contribution in [3.05, 3.63) is 35.5 Å². The number of aromatic nitrogens is 2. The zero-order valence-corrected chi connectivity index (χ0v) is 15.2. The van der Waals surface area contributed by atoms with E-state index in [1.807, 2.05) is 20.8 Å². The van der Waals surface area contributed by atoms with Crippen LogP contribution in [0, 0.1) is 0 Å². The summed E-state index contributed by atoms with van der Waals surface area (Å²) < 4.78 is 37.8. The van der Waals surface area contributed by atoms with Gasteiger partial charge in [0.15, 0.2) is 5.82 Å². The van der Waals surface area contributed by atoms with Crippen LogP contribution < -0.4 is 9.46 Å². The summed E-state index contributed by atoms with van der Waals surface area (Å²) >= 11 is 0. The Morgan fingerprint density at radius 3 is 2.67 bits per heavy atom. The van der Waals surface area contributed by atoms with Crippen LogP contribution in [0.25, 0.3) is 0 Å². The van der Waals surface area contributed by atoms with E-state index in [9.17, 15) is 8.42 Å². The number of hydrogen-bond acceptors (Lipinski definition) is 6. The van der Waals surface area contributed by atoms with Crippen LogP contribution in [0.15, 0.2) is 27.6 Å². The Hall–Kier alpha value is -1.93. The lowest BCUT2D eigenvalue weighted by Gasteiger charge is -2.14. The molecule has 0 bridgehead atoms. The van der Waals surface area contributed by atoms with E-state index < -0.39 is 10.0 Å². The summed E-state index contributed by atoms with van der Waals surface area (Å²) in [4.78, 5) is 4.37. The fourth-order valence-corrected chi connectivity index (χ4v) is 3.31. The molecule has 7 nitrogen and oxygen atoms in total. The number of hydrogen-bond donors (Lipinski definition) is 1. The smallest absolute Gasteiger partial charge is 0.240 e. The van der Waals surface area contributed by atoms with Crippen LogP contribution in [0.3, 0.4) is 0 Å². The van der Waals surface area contributed by atoms with E-state index in [1.54, 1.807) is 19.2 Å². The van der Waals surface area contributed by atoms with Gasteiger partial charge in [0, 0.05) is 19.4 Å².